The van der Waals surface area contributed by atoms with Crippen LogP contribution in [0.4, 0.5) is 0 Å². The van der Waals surface area contributed by atoms with E-state index in [-0.39, 0.29) is 0 Å². The second kappa shape index (κ2) is 7.68. The lowest BCUT2D eigenvalue weighted by Crippen LogP contribution is -2.04. The third kappa shape index (κ3) is 3.48. The molecule has 1 aliphatic rings. The zero-order valence-electron chi connectivity index (χ0n) is 14.3. The Bertz CT molecular complexity index is 785. The highest BCUT2D eigenvalue weighted by molar-refractivity contribution is 5.93. The average Bonchev–Trinajstić information content (AvgIpc) is 2.94. The number of allylic oxidation sites excluding steroid dienone is 4. The van der Waals surface area contributed by atoms with Gasteiger partial charge in [-0.1, -0.05) is 50.8 Å². The second-order valence-electron chi connectivity index (χ2n) is 5.40. The topological polar surface area (TPSA) is 41.8 Å². The first-order valence-corrected chi connectivity index (χ1v) is 8.27. The fourth-order valence-electron chi connectivity index (χ4n) is 2.93. The van der Waals surface area contributed by atoms with Crippen LogP contribution >= 0.6 is 0 Å². The SMILES string of the molecule is C=Cc1c(/C=C(\C)C2=C(N)C=CCC2)[nH]c2ccccc12.CC. The molecule has 0 spiro atoms. The van der Waals surface area contributed by atoms with Gasteiger partial charge in [0.1, 0.15) is 0 Å². The van der Waals surface area contributed by atoms with Crippen LogP contribution in [0.3, 0.4) is 0 Å². The van der Waals surface area contributed by atoms with Crippen LogP contribution in [0.1, 0.15) is 44.9 Å². The van der Waals surface area contributed by atoms with Crippen LogP contribution < -0.4 is 5.73 Å². The summed E-state index contributed by atoms with van der Waals surface area (Å²) in [5.74, 6) is 0. The molecule has 3 N–H and O–H groups in total. The van der Waals surface area contributed by atoms with Gasteiger partial charge in [-0.25, -0.2) is 0 Å². The third-order valence-corrected chi connectivity index (χ3v) is 4.02. The Morgan fingerprint density at radius 1 is 1.26 bits per heavy atom. The van der Waals surface area contributed by atoms with Crippen LogP contribution in [-0.4, -0.2) is 4.98 Å². The lowest BCUT2D eigenvalue weighted by molar-refractivity contribution is 0.943. The number of hydrogen-bond acceptors (Lipinski definition) is 1. The molecule has 2 nitrogen and oxygen atoms in total. The van der Waals surface area contributed by atoms with Gasteiger partial charge >= 0.3 is 0 Å². The van der Waals surface area contributed by atoms with Gasteiger partial charge in [0.2, 0.25) is 0 Å². The van der Waals surface area contributed by atoms with Gasteiger partial charge in [-0.3, -0.25) is 0 Å². The number of benzene rings is 1. The molecule has 1 aromatic heterocycles. The van der Waals surface area contributed by atoms with E-state index in [1.165, 1.54) is 16.5 Å². The molecule has 2 aromatic rings. The molecule has 0 saturated carbocycles. The number of H-pyrrole nitrogens is 1. The number of aromatic nitrogens is 1. The van der Waals surface area contributed by atoms with Crippen LogP contribution in [0.5, 0.6) is 0 Å². The molecule has 0 fully saturated rings. The molecule has 23 heavy (non-hydrogen) atoms. The molecule has 1 aromatic carbocycles. The smallest absolute Gasteiger partial charge is 0.0467 e. The molecule has 0 bridgehead atoms. The Hall–Kier alpha value is -2.48. The molecule has 3 rings (SSSR count). The second-order valence-corrected chi connectivity index (χ2v) is 5.40. The van der Waals surface area contributed by atoms with E-state index in [9.17, 15) is 0 Å². The molecule has 0 radical (unpaired) electrons. The van der Waals surface area contributed by atoms with Crippen LogP contribution in [0.15, 0.2) is 59.8 Å². The van der Waals surface area contributed by atoms with Crippen molar-refractivity contribution in [2.45, 2.75) is 33.6 Å². The van der Waals surface area contributed by atoms with E-state index in [2.05, 4.69) is 48.8 Å². The molecule has 0 amide bonds. The number of fused-ring (bicyclic) bond motifs is 1. The van der Waals surface area contributed by atoms with Crippen molar-refractivity contribution in [2.75, 3.05) is 0 Å². The minimum atomic E-state index is 0.881. The molecule has 2 heteroatoms. The summed E-state index contributed by atoms with van der Waals surface area (Å²) in [6.07, 6.45) is 10.3. The van der Waals surface area contributed by atoms with E-state index in [0.29, 0.717) is 0 Å². The zero-order valence-corrected chi connectivity index (χ0v) is 14.3. The van der Waals surface area contributed by atoms with Gasteiger partial charge in [0.15, 0.2) is 0 Å². The first-order valence-electron chi connectivity index (χ1n) is 8.27. The summed E-state index contributed by atoms with van der Waals surface area (Å²) in [5, 5.41) is 1.21. The summed E-state index contributed by atoms with van der Waals surface area (Å²) < 4.78 is 0. The molecular weight excluding hydrogens is 280 g/mol. The molecule has 120 valence electrons. The average molecular weight is 306 g/mol. The van der Waals surface area contributed by atoms with Gasteiger partial charge in [0.25, 0.3) is 0 Å². The van der Waals surface area contributed by atoms with Crippen LogP contribution in [0.25, 0.3) is 23.1 Å². The van der Waals surface area contributed by atoms with E-state index < -0.39 is 0 Å². The number of para-hydroxylation sites is 1. The molecule has 1 heterocycles. The highest BCUT2D eigenvalue weighted by Gasteiger charge is 2.10. The maximum Gasteiger partial charge on any atom is 0.0467 e. The van der Waals surface area contributed by atoms with E-state index in [0.717, 1.165) is 35.3 Å². The van der Waals surface area contributed by atoms with Gasteiger partial charge in [0.05, 0.1) is 0 Å². The summed E-state index contributed by atoms with van der Waals surface area (Å²) in [7, 11) is 0. The third-order valence-electron chi connectivity index (χ3n) is 4.02. The van der Waals surface area contributed by atoms with Gasteiger partial charge in [0, 0.05) is 27.9 Å². The lowest BCUT2D eigenvalue weighted by Gasteiger charge is -2.13. The monoisotopic (exact) mass is 306 g/mol. The van der Waals surface area contributed by atoms with Crippen molar-refractivity contribution in [3.8, 4) is 0 Å². The van der Waals surface area contributed by atoms with Gasteiger partial charge in [-0.2, -0.15) is 0 Å². The molecule has 1 aliphatic carbocycles. The van der Waals surface area contributed by atoms with Crippen molar-refractivity contribution in [3.05, 3.63) is 71.1 Å². The summed E-state index contributed by atoms with van der Waals surface area (Å²) in [6.45, 7) is 10.1. The van der Waals surface area contributed by atoms with Crippen molar-refractivity contribution in [1.82, 2.24) is 4.98 Å². The van der Waals surface area contributed by atoms with Gasteiger partial charge < -0.3 is 10.7 Å². The number of nitrogens with one attached hydrogen (secondary N) is 1. The Balaban J connectivity index is 0.000000924. The minimum Gasteiger partial charge on any atom is -0.399 e. The molecule has 0 atom stereocenters. The van der Waals surface area contributed by atoms with Crippen molar-refractivity contribution < 1.29 is 0 Å². The summed E-state index contributed by atoms with van der Waals surface area (Å²) in [6, 6.07) is 8.30. The normalized spacial score (nSPS) is 14.7. The Labute approximate surface area is 139 Å². The maximum atomic E-state index is 6.10. The number of hydrogen-bond donors (Lipinski definition) is 2. The maximum absolute atomic E-state index is 6.10. The minimum absolute atomic E-state index is 0.881. The zero-order chi connectivity index (χ0) is 16.8. The standard InChI is InChI=1S/C19H20N2.C2H6/c1-3-14-16-9-5-7-11-18(16)21-19(14)12-13(2)15-8-4-6-10-17(15)20;1-2/h3,5-7,9-12,21H,1,4,8,20H2,2H3;1-2H3/b13-12+;. The van der Waals surface area contributed by atoms with Crippen molar-refractivity contribution >= 4 is 23.1 Å². The fourth-order valence-corrected chi connectivity index (χ4v) is 2.93. The summed E-state index contributed by atoms with van der Waals surface area (Å²) >= 11 is 0. The summed E-state index contributed by atoms with van der Waals surface area (Å²) in [5.41, 5.74) is 12.8. The highest BCUT2D eigenvalue weighted by atomic mass is 14.7. The fraction of sp³-hybridized carbons (Fsp3) is 0.238. The predicted molar refractivity (Wildman–Crippen MR) is 103 cm³/mol. The van der Waals surface area contributed by atoms with Crippen molar-refractivity contribution in [3.63, 3.8) is 0 Å². The largest absolute Gasteiger partial charge is 0.399 e. The lowest BCUT2D eigenvalue weighted by atomic mass is 9.95. The van der Waals surface area contributed by atoms with Crippen molar-refractivity contribution in [1.29, 1.82) is 0 Å². The Morgan fingerprint density at radius 3 is 2.70 bits per heavy atom. The van der Waals surface area contributed by atoms with E-state index in [1.54, 1.807) is 0 Å². The number of rotatable bonds is 3. The van der Waals surface area contributed by atoms with E-state index in [1.807, 2.05) is 32.1 Å². The molecule has 0 saturated heterocycles. The van der Waals surface area contributed by atoms with Crippen LogP contribution in [0.2, 0.25) is 0 Å². The van der Waals surface area contributed by atoms with Gasteiger partial charge in [-0.05, 0) is 49.1 Å². The first-order chi connectivity index (χ1) is 11.2. The highest BCUT2D eigenvalue weighted by Crippen LogP contribution is 2.28. The first kappa shape index (κ1) is 16.9. The predicted octanol–water partition coefficient (Wildman–Crippen LogP) is 5.80. The van der Waals surface area contributed by atoms with E-state index >= 15 is 0 Å². The molecular formula is C21H26N2. The summed E-state index contributed by atoms with van der Waals surface area (Å²) in [4.78, 5) is 3.47. The molecule has 0 aliphatic heterocycles. The van der Waals surface area contributed by atoms with Gasteiger partial charge in [-0.15, -0.1) is 0 Å². The molecule has 0 unspecified atom stereocenters. The number of aromatic amines is 1. The quantitative estimate of drug-likeness (QED) is 0.739. The Kier molecular flexibility index (Phi) is 5.64. The van der Waals surface area contributed by atoms with Crippen LogP contribution in [-0.2, 0) is 0 Å². The van der Waals surface area contributed by atoms with Crippen LogP contribution in [0, 0.1) is 0 Å². The Morgan fingerprint density at radius 2 is 2.00 bits per heavy atom. The van der Waals surface area contributed by atoms with Crippen molar-refractivity contribution in [2.24, 2.45) is 5.73 Å². The number of nitrogens with two attached hydrogens (primary N) is 1. The van der Waals surface area contributed by atoms with E-state index in [4.69, 9.17) is 5.73 Å².